The second kappa shape index (κ2) is 14.2. The van der Waals surface area contributed by atoms with Gasteiger partial charge in [-0.1, -0.05) is 77.8 Å². The number of benzene rings is 2. The van der Waals surface area contributed by atoms with Crippen molar-refractivity contribution in [1.29, 1.82) is 0 Å². The summed E-state index contributed by atoms with van der Waals surface area (Å²) in [5.41, 5.74) is 11.4. The molecule has 4 aliphatic rings. The van der Waals surface area contributed by atoms with Crippen molar-refractivity contribution in [3.05, 3.63) is 58.8 Å². The highest BCUT2D eigenvalue weighted by molar-refractivity contribution is 6.90. The van der Waals surface area contributed by atoms with E-state index in [0.29, 0.717) is 52.7 Å². The Morgan fingerprint density at radius 3 is 2.26 bits per heavy atom. The Morgan fingerprint density at radius 2 is 1.62 bits per heavy atom. The van der Waals surface area contributed by atoms with Gasteiger partial charge in [-0.05, 0) is 110 Å². The van der Waals surface area contributed by atoms with E-state index in [9.17, 15) is 0 Å². The van der Waals surface area contributed by atoms with E-state index in [-0.39, 0.29) is 0 Å². The molecule has 2 aromatic carbocycles. The fourth-order valence-electron chi connectivity index (χ4n) is 10.3. The lowest BCUT2D eigenvalue weighted by Crippen LogP contribution is -2.51. The van der Waals surface area contributed by atoms with Crippen LogP contribution in [0, 0.1) is 16.9 Å². The molecule has 1 N–H and O–H groups in total. The summed E-state index contributed by atoms with van der Waals surface area (Å²) in [6, 6.07) is 15.3. The minimum absolute atomic E-state index is 0.376. The van der Waals surface area contributed by atoms with Gasteiger partial charge in [0, 0.05) is 48.2 Å². The predicted octanol–water partition coefficient (Wildman–Crippen LogP) is 8.52. The Hall–Kier alpha value is -2.92. The largest absolute Gasteiger partial charge is 0.463 e. The molecule has 7 heteroatoms. The Kier molecular flexibility index (Phi) is 10.1. The molecule has 1 aromatic heterocycles. The van der Waals surface area contributed by atoms with Gasteiger partial charge >= 0.3 is 6.01 Å². The molecule has 3 unspecified atom stereocenters. The summed E-state index contributed by atoms with van der Waals surface area (Å²) in [5, 5.41) is 6.45. The third-order valence-electron chi connectivity index (χ3n) is 12.9. The highest BCUT2D eigenvalue weighted by Crippen LogP contribution is 2.49. The van der Waals surface area contributed by atoms with Gasteiger partial charge in [-0.2, -0.15) is 9.97 Å². The number of piperazine rings is 1. The fourth-order valence-corrected chi connectivity index (χ4v) is 15.5. The van der Waals surface area contributed by atoms with E-state index in [1.165, 1.54) is 58.8 Å². The summed E-state index contributed by atoms with van der Waals surface area (Å²) in [5.74, 6) is 5.36. The third-order valence-corrected chi connectivity index (χ3v) is 19.2. The molecule has 3 heterocycles. The van der Waals surface area contributed by atoms with E-state index in [4.69, 9.17) is 14.7 Å². The van der Waals surface area contributed by atoms with Crippen molar-refractivity contribution in [1.82, 2.24) is 20.2 Å². The average Bonchev–Trinajstić information content (AvgIpc) is 3.75. The van der Waals surface area contributed by atoms with Gasteiger partial charge in [0.1, 0.15) is 13.9 Å². The quantitative estimate of drug-likeness (QED) is 0.161. The summed E-state index contributed by atoms with van der Waals surface area (Å²) in [7, 11) is 2.49. The average molecular weight is 692 g/mol. The SMILES string of the molecule is CC(C)[Si](C#Cc1cccc2cccc(C3CCc4c(nc(OCCC5(CN(C)C)CC5)nc4N4CC5CCC(C4)N5)C3)c12)(C(C)C)C(C)C. The number of hydrogen-bond donors (Lipinski definition) is 1. The van der Waals surface area contributed by atoms with Crippen LogP contribution in [0.25, 0.3) is 10.8 Å². The van der Waals surface area contributed by atoms with Gasteiger partial charge in [0.25, 0.3) is 0 Å². The van der Waals surface area contributed by atoms with Crippen LogP contribution < -0.4 is 15.0 Å². The molecule has 3 atom stereocenters. The van der Waals surface area contributed by atoms with Crippen LogP contribution in [0.1, 0.15) is 108 Å². The molecule has 2 aliphatic carbocycles. The number of anilines is 1. The molecule has 0 spiro atoms. The van der Waals surface area contributed by atoms with Crippen LogP contribution in [0.3, 0.4) is 0 Å². The molecular formula is C43H61N5OSi. The lowest BCUT2D eigenvalue weighted by Gasteiger charge is -2.38. The van der Waals surface area contributed by atoms with Crippen LogP contribution in [0.2, 0.25) is 16.6 Å². The second-order valence-electron chi connectivity index (χ2n) is 17.5. The van der Waals surface area contributed by atoms with Gasteiger partial charge in [0.2, 0.25) is 0 Å². The van der Waals surface area contributed by atoms with Crippen LogP contribution in [0.15, 0.2) is 36.4 Å². The molecule has 2 aliphatic heterocycles. The summed E-state index contributed by atoms with van der Waals surface area (Å²) < 4.78 is 6.48. The normalized spacial score (nSPS) is 22.7. The van der Waals surface area contributed by atoms with Gasteiger partial charge in [-0.15, -0.1) is 5.54 Å². The van der Waals surface area contributed by atoms with E-state index in [2.05, 4.69) is 119 Å². The van der Waals surface area contributed by atoms with E-state index in [0.717, 1.165) is 51.1 Å². The molecule has 3 aromatic rings. The maximum absolute atomic E-state index is 6.48. The van der Waals surface area contributed by atoms with E-state index < -0.39 is 8.07 Å². The first-order chi connectivity index (χ1) is 24.0. The van der Waals surface area contributed by atoms with Crippen molar-refractivity contribution < 1.29 is 4.74 Å². The Bertz CT molecular complexity index is 1710. The third kappa shape index (κ3) is 6.97. The van der Waals surface area contributed by atoms with Crippen molar-refractivity contribution in [2.45, 2.75) is 128 Å². The number of nitrogens with one attached hydrogen (secondary N) is 1. The number of ether oxygens (including phenoxy) is 1. The minimum Gasteiger partial charge on any atom is -0.463 e. The van der Waals surface area contributed by atoms with Gasteiger partial charge in [-0.3, -0.25) is 0 Å². The van der Waals surface area contributed by atoms with Gasteiger partial charge < -0.3 is 19.9 Å². The van der Waals surface area contributed by atoms with Gasteiger partial charge in [0.15, 0.2) is 0 Å². The summed E-state index contributed by atoms with van der Waals surface area (Å²) in [4.78, 5) is 15.3. The Morgan fingerprint density at radius 1 is 0.940 bits per heavy atom. The van der Waals surface area contributed by atoms with Crippen molar-refractivity contribution in [3.63, 3.8) is 0 Å². The zero-order valence-electron chi connectivity index (χ0n) is 32.1. The molecule has 7 rings (SSSR count). The second-order valence-corrected chi connectivity index (χ2v) is 23.1. The molecule has 2 bridgehead atoms. The minimum atomic E-state index is -1.87. The van der Waals surface area contributed by atoms with Crippen LogP contribution in [0.5, 0.6) is 6.01 Å². The molecule has 3 fully saturated rings. The van der Waals surface area contributed by atoms with E-state index >= 15 is 0 Å². The Labute approximate surface area is 303 Å². The van der Waals surface area contributed by atoms with Crippen LogP contribution in [-0.4, -0.2) is 75.4 Å². The molecule has 2 saturated heterocycles. The van der Waals surface area contributed by atoms with Crippen molar-refractivity contribution in [3.8, 4) is 17.5 Å². The zero-order chi connectivity index (χ0) is 35.2. The summed E-state index contributed by atoms with van der Waals surface area (Å²) in [6.45, 7) is 18.3. The zero-order valence-corrected chi connectivity index (χ0v) is 33.1. The molecule has 50 heavy (non-hydrogen) atoms. The lowest BCUT2D eigenvalue weighted by molar-refractivity contribution is 0.220. The van der Waals surface area contributed by atoms with Gasteiger partial charge in [0.05, 0.1) is 12.3 Å². The number of fused-ring (bicyclic) bond motifs is 4. The maximum atomic E-state index is 6.48. The van der Waals surface area contributed by atoms with Crippen molar-refractivity contribution >= 4 is 24.7 Å². The molecule has 268 valence electrons. The summed E-state index contributed by atoms with van der Waals surface area (Å²) in [6.07, 6.45) is 9.18. The van der Waals surface area contributed by atoms with E-state index in [1.54, 1.807) is 0 Å². The van der Waals surface area contributed by atoms with Crippen molar-refractivity contribution in [2.24, 2.45) is 5.41 Å². The fraction of sp³-hybridized carbons (Fsp3) is 0.628. The highest BCUT2D eigenvalue weighted by atomic mass is 28.3. The smallest absolute Gasteiger partial charge is 0.318 e. The predicted molar refractivity (Wildman–Crippen MR) is 211 cm³/mol. The molecular weight excluding hydrogens is 631 g/mol. The first-order valence-electron chi connectivity index (χ1n) is 19.7. The van der Waals surface area contributed by atoms with Crippen LogP contribution in [-0.2, 0) is 12.8 Å². The lowest BCUT2D eigenvalue weighted by atomic mass is 9.80. The molecule has 6 nitrogen and oxygen atoms in total. The van der Waals surface area contributed by atoms with Crippen LogP contribution >= 0.6 is 0 Å². The highest BCUT2D eigenvalue weighted by Gasteiger charge is 2.43. The molecule has 0 radical (unpaired) electrons. The number of nitrogens with zero attached hydrogens (tertiary/aromatic N) is 4. The summed E-state index contributed by atoms with van der Waals surface area (Å²) >= 11 is 0. The van der Waals surface area contributed by atoms with E-state index in [1.807, 2.05) is 0 Å². The molecule has 1 saturated carbocycles. The monoisotopic (exact) mass is 691 g/mol. The van der Waals surface area contributed by atoms with Crippen molar-refractivity contribution in [2.75, 3.05) is 45.2 Å². The first-order valence-corrected chi connectivity index (χ1v) is 21.9. The Balaban J connectivity index is 1.22. The first kappa shape index (κ1) is 35.5. The number of rotatable bonds is 11. The van der Waals surface area contributed by atoms with Crippen LogP contribution in [0.4, 0.5) is 5.82 Å². The van der Waals surface area contributed by atoms with Gasteiger partial charge in [-0.25, -0.2) is 0 Å². The number of hydrogen-bond acceptors (Lipinski definition) is 6. The standard InChI is InChI=1S/C43H61N5OSi/c1-29(2)50(30(3)4,31(5)6)24-19-33-12-9-11-32-13-10-14-37(40(32)33)34-15-18-38-39(25-34)45-42(49-23-22-43(20-21-43)28-47(7)8)46-41(38)48-26-35-16-17-36(27-48)44-35/h9-14,29-31,34-36,44H,15-18,20-23,25-28H2,1-8H3. The maximum Gasteiger partial charge on any atom is 0.318 e. The topological polar surface area (TPSA) is 53.5 Å². The molecule has 0 amide bonds. The number of aromatic nitrogens is 2.